The van der Waals surface area contributed by atoms with E-state index < -0.39 is 0 Å². The number of pyridine rings is 1. The molecule has 0 radical (unpaired) electrons. The quantitative estimate of drug-likeness (QED) is 0.937. The molecular formula is C18H23N3. The third-order valence-corrected chi connectivity index (χ3v) is 4.24. The van der Waals surface area contributed by atoms with Gasteiger partial charge in [-0.3, -0.25) is 9.88 Å². The minimum absolute atomic E-state index is 0.328. The fourth-order valence-corrected chi connectivity index (χ4v) is 3.15. The van der Waals surface area contributed by atoms with Gasteiger partial charge in [-0.15, -0.1) is 0 Å². The Morgan fingerprint density at radius 1 is 1.05 bits per heavy atom. The van der Waals surface area contributed by atoms with E-state index in [0.717, 1.165) is 26.2 Å². The highest BCUT2D eigenvalue weighted by Gasteiger charge is 2.24. The first-order valence-electron chi connectivity index (χ1n) is 7.76. The molecule has 21 heavy (non-hydrogen) atoms. The molecule has 0 bridgehead atoms. The molecule has 0 amide bonds. The van der Waals surface area contributed by atoms with Crippen molar-refractivity contribution in [2.75, 3.05) is 26.2 Å². The molecule has 1 aliphatic rings. The topological polar surface area (TPSA) is 28.2 Å². The molecular weight excluding hydrogens is 258 g/mol. The number of nitrogens with one attached hydrogen (secondary N) is 1. The van der Waals surface area contributed by atoms with Gasteiger partial charge in [0.25, 0.3) is 0 Å². The van der Waals surface area contributed by atoms with Gasteiger partial charge in [0.05, 0.1) is 6.04 Å². The molecule has 2 aromatic rings. The first-order chi connectivity index (χ1) is 10.4. The minimum Gasteiger partial charge on any atom is -0.315 e. The fraction of sp³-hybridized carbons (Fsp3) is 0.389. The normalized spacial score (nSPS) is 18.1. The van der Waals surface area contributed by atoms with Gasteiger partial charge in [0.2, 0.25) is 0 Å². The Balaban J connectivity index is 2.00. The van der Waals surface area contributed by atoms with E-state index in [4.69, 9.17) is 0 Å². The van der Waals surface area contributed by atoms with Crippen LogP contribution in [0.3, 0.4) is 0 Å². The lowest BCUT2D eigenvalue weighted by Crippen LogP contribution is -2.33. The second-order valence-corrected chi connectivity index (χ2v) is 5.68. The molecule has 110 valence electrons. The largest absolute Gasteiger partial charge is 0.315 e. The molecule has 3 nitrogen and oxygen atoms in total. The molecule has 3 heteroatoms. The summed E-state index contributed by atoms with van der Waals surface area (Å²) in [6.45, 7) is 6.61. The Morgan fingerprint density at radius 2 is 1.86 bits per heavy atom. The summed E-state index contributed by atoms with van der Waals surface area (Å²) >= 11 is 0. The van der Waals surface area contributed by atoms with Gasteiger partial charge in [-0.2, -0.15) is 0 Å². The van der Waals surface area contributed by atoms with Crippen LogP contribution in [0.2, 0.25) is 0 Å². The Bertz CT molecular complexity index is 560. The summed E-state index contributed by atoms with van der Waals surface area (Å²) in [6, 6.07) is 13.4. The van der Waals surface area contributed by atoms with Crippen LogP contribution in [-0.4, -0.2) is 36.1 Å². The molecule has 0 saturated carbocycles. The maximum absolute atomic E-state index is 4.18. The Hall–Kier alpha value is -1.71. The average Bonchev–Trinajstić information content (AvgIpc) is 2.80. The standard InChI is InChI=1S/C18H23N3/c1-15-5-2-3-6-17(15)18(16-7-10-20-11-8-16)21-13-4-9-19-12-14-21/h2-3,5-8,10-11,18-19H,4,9,12-14H2,1H3. The summed E-state index contributed by atoms with van der Waals surface area (Å²) in [5.41, 5.74) is 4.10. The van der Waals surface area contributed by atoms with Gasteiger partial charge >= 0.3 is 0 Å². The summed E-state index contributed by atoms with van der Waals surface area (Å²) in [5, 5.41) is 3.50. The van der Waals surface area contributed by atoms with Crippen LogP contribution in [0.1, 0.15) is 29.2 Å². The molecule has 1 unspecified atom stereocenters. The molecule has 0 aliphatic carbocycles. The molecule has 0 spiro atoms. The zero-order valence-corrected chi connectivity index (χ0v) is 12.6. The van der Waals surface area contributed by atoms with E-state index in [2.05, 4.69) is 58.5 Å². The lowest BCUT2D eigenvalue weighted by Gasteiger charge is -2.32. The van der Waals surface area contributed by atoms with Crippen molar-refractivity contribution in [1.82, 2.24) is 15.2 Å². The van der Waals surface area contributed by atoms with Gasteiger partial charge < -0.3 is 5.32 Å². The Kier molecular flexibility index (Phi) is 4.63. The first kappa shape index (κ1) is 14.2. The SMILES string of the molecule is Cc1ccccc1C(c1ccncc1)N1CCCNCC1. The summed E-state index contributed by atoms with van der Waals surface area (Å²) in [4.78, 5) is 6.77. The highest BCUT2D eigenvalue weighted by atomic mass is 15.2. The van der Waals surface area contributed by atoms with Crippen molar-refractivity contribution >= 4 is 0 Å². The van der Waals surface area contributed by atoms with Crippen LogP contribution in [0.25, 0.3) is 0 Å². The van der Waals surface area contributed by atoms with Gasteiger partial charge in [-0.1, -0.05) is 24.3 Å². The fourth-order valence-electron chi connectivity index (χ4n) is 3.15. The van der Waals surface area contributed by atoms with Crippen LogP contribution >= 0.6 is 0 Å². The third-order valence-electron chi connectivity index (χ3n) is 4.24. The van der Waals surface area contributed by atoms with Gasteiger partial charge in [0.15, 0.2) is 0 Å². The molecule has 2 heterocycles. The van der Waals surface area contributed by atoms with Crippen LogP contribution in [0.4, 0.5) is 0 Å². The van der Waals surface area contributed by atoms with E-state index in [1.165, 1.54) is 23.1 Å². The van der Waals surface area contributed by atoms with Crippen molar-refractivity contribution in [3.63, 3.8) is 0 Å². The highest BCUT2D eigenvalue weighted by Crippen LogP contribution is 2.30. The molecule has 1 aromatic heterocycles. The number of hydrogen-bond donors (Lipinski definition) is 1. The molecule has 1 fully saturated rings. The van der Waals surface area contributed by atoms with E-state index in [1.54, 1.807) is 0 Å². The van der Waals surface area contributed by atoms with E-state index >= 15 is 0 Å². The number of aryl methyl sites for hydroxylation is 1. The van der Waals surface area contributed by atoms with Crippen molar-refractivity contribution < 1.29 is 0 Å². The van der Waals surface area contributed by atoms with Crippen LogP contribution in [0.5, 0.6) is 0 Å². The number of nitrogens with zero attached hydrogens (tertiary/aromatic N) is 2. The number of benzene rings is 1. The van der Waals surface area contributed by atoms with Crippen molar-refractivity contribution in [2.45, 2.75) is 19.4 Å². The molecule has 1 saturated heterocycles. The average molecular weight is 281 g/mol. The predicted molar refractivity (Wildman–Crippen MR) is 86.3 cm³/mol. The zero-order valence-electron chi connectivity index (χ0n) is 12.6. The van der Waals surface area contributed by atoms with Gasteiger partial charge in [-0.05, 0) is 48.7 Å². The summed E-state index contributed by atoms with van der Waals surface area (Å²) in [7, 11) is 0. The van der Waals surface area contributed by atoms with Gasteiger partial charge in [0, 0.05) is 32.0 Å². The van der Waals surface area contributed by atoms with Crippen molar-refractivity contribution in [3.8, 4) is 0 Å². The van der Waals surface area contributed by atoms with Crippen molar-refractivity contribution in [1.29, 1.82) is 0 Å². The molecule has 1 aliphatic heterocycles. The van der Waals surface area contributed by atoms with Crippen molar-refractivity contribution in [2.24, 2.45) is 0 Å². The lowest BCUT2D eigenvalue weighted by atomic mass is 9.94. The van der Waals surface area contributed by atoms with E-state index in [-0.39, 0.29) is 0 Å². The molecule has 3 rings (SSSR count). The monoisotopic (exact) mass is 281 g/mol. The smallest absolute Gasteiger partial charge is 0.0605 e. The second kappa shape index (κ2) is 6.83. The van der Waals surface area contributed by atoms with Gasteiger partial charge in [-0.25, -0.2) is 0 Å². The summed E-state index contributed by atoms with van der Waals surface area (Å²) in [5.74, 6) is 0. The molecule has 1 N–H and O–H groups in total. The summed E-state index contributed by atoms with van der Waals surface area (Å²) in [6.07, 6.45) is 5.00. The van der Waals surface area contributed by atoms with Crippen LogP contribution in [0, 0.1) is 6.92 Å². The number of hydrogen-bond acceptors (Lipinski definition) is 3. The Morgan fingerprint density at radius 3 is 2.67 bits per heavy atom. The molecule has 1 aromatic carbocycles. The lowest BCUT2D eigenvalue weighted by molar-refractivity contribution is 0.240. The number of aromatic nitrogens is 1. The molecule has 1 atom stereocenters. The van der Waals surface area contributed by atoms with E-state index in [1.807, 2.05) is 12.4 Å². The minimum atomic E-state index is 0.328. The number of rotatable bonds is 3. The first-order valence-corrected chi connectivity index (χ1v) is 7.76. The third kappa shape index (κ3) is 3.31. The van der Waals surface area contributed by atoms with Gasteiger partial charge in [0.1, 0.15) is 0 Å². The van der Waals surface area contributed by atoms with Crippen LogP contribution in [0.15, 0.2) is 48.8 Å². The highest BCUT2D eigenvalue weighted by molar-refractivity contribution is 5.36. The predicted octanol–water partition coefficient (Wildman–Crippen LogP) is 2.77. The Labute approximate surface area is 127 Å². The van der Waals surface area contributed by atoms with Crippen LogP contribution in [-0.2, 0) is 0 Å². The second-order valence-electron chi connectivity index (χ2n) is 5.68. The zero-order chi connectivity index (χ0) is 14.5. The van der Waals surface area contributed by atoms with E-state index in [9.17, 15) is 0 Å². The van der Waals surface area contributed by atoms with Crippen LogP contribution < -0.4 is 5.32 Å². The van der Waals surface area contributed by atoms with Crippen molar-refractivity contribution in [3.05, 3.63) is 65.5 Å². The maximum atomic E-state index is 4.18. The van der Waals surface area contributed by atoms with E-state index in [0.29, 0.717) is 6.04 Å². The maximum Gasteiger partial charge on any atom is 0.0605 e. The summed E-state index contributed by atoms with van der Waals surface area (Å²) < 4.78 is 0.